The first-order valence-corrected chi connectivity index (χ1v) is 19.4. The van der Waals surface area contributed by atoms with Gasteiger partial charge in [-0.2, -0.15) is 0 Å². The average molecular weight is 745 g/mol. The van der Waals surface area contributed by atoms with Crippen molar-refractivity contribution in [3.05, 3.63) is 0 Å². The highest BCUT2D eigenvalue weighted by molar-refractivity contribution is 5.73. The summed E-state index contributed by atoms with van der Waals surface area (Å²) in [4.78, 5) is 16.3. The standard InChI is InChI=1S/C39H72N2O11/c1-21-17-37(10,44)33(52-35-31(45-14)28(41(12)13)16-22(2)48-35)23(3)30(51-29-18-38(11,46-15)39(20-47-39)27(7)49-29)24(4)34(43)50-26(6)36(8,9)32(42)25(5)40-19-21/h21-33,35,40,42,44H,16-20H2,1-15H3/t21?,22?,23?,24?,25?,26-,27?,28?,29?,30?,31?,32?,33?,35?,37?,38?,39?/m1/s1. The lowest BCUT2D eigenvalue weighted by Gasteiger charge is -2.49. The first-order valence-electron chi connectivity index (χ1n) is 19.4. The molecule has 0 aliphatic carbocycles. The van der Waals surface area contributed by atoms with Crippen LogP contribution in [0.2, 0.25) is 0 Å². The van der Waals surface area contributed by atoms with Gasteiger partial charge in [0.1, 0.15) is 23.4 Å². The zero-order valence-electron chi connectivity index (χ0n) is 34.6. The number of nitrogens with one attached hydrogen (secondary N) is 1. The predicted octanol–water partition coefficient (Wildman–Crippen LogP) is 3.51. The molecular weight excluding hydrogens is 672 g/mol. The van der Waals surface area contributed by atoms with Gasteiger partial charge in [-0.25, -0.2) is 0 Å². The second-order valence-corrected chi connectivity index (χ2v) is 17.8. The molecule has 4 rings (SSSR count). The number of carbonyl (C=O) groups excluding carboxylic acids is 1. The van der Waals surface area contributed by atoms with Crippen molar-refractivity contribution in [1.82, 2.24) is 10.2 Å². The molecular formula is C39H72N2O11. The Hall–Kier alpha value is -0.970. The van der Waals surface area contributed by atoms with Gasteiger partial charge in [0.2, 0.25) is 0 Å². The molecule has 0 radical (unpaired) electrons. The average Bonchev–Trinajstić information content (AvgIpc) is 3.88. The second-order valence-electron chi connectivity index (χ2n) is 17.8. The Balaban J connectivity index is 1.79. The van der Waals surface area contributed by atoms with Gasteiger partial charge in [0.05, 0.1) is 48.6 Å². The lowest BCUT2D eigenvalue weighted by atomic mass is 9.77. The number of esters is 1. The van der Waals surface area contributed by atoms with E-state index in [0.29, 0.717) is 26.0 Å². The normalized spacial score (nSPS) is 49.6. The number of rotatable bonds is 7. The highest BCUT2D eigenvalue weighted by Crippen LogP contribution is 2.51. The molecule has 16 unspecified atom stereocenters. The number of epoxide rings is 1. The van der Waals surface area contributed by atoms with Crippen molar-refractivity contribution in [3.8, 4) is 0 Å². The Morgan fingerprint density at radius 1 is 0.904 bits per heavy atom. The summed E-state index contributed by atoms with van der Waals surface area (Å²) in [6, 6.07) is -0.307. The van der Waals surface area contributed by atoms with Crippen LogP contribution >= 0.6 is 0 Å². The van der Waals surface area contributed by atoms with Gasteiger partial charge in [0, 0.05) is 44.1 Å². The molecule has 17 atom stereocenters. The van der Waals surface area contributed by atoms with E-state index in [2.05, 4.69) is 17.1 Å². The molecule has 13 nitrogen and oxygen atoms in total. The van der Waals surface area contributed by atoms with Gasteiger partial charge in [-0.1, -0.05) is 27.7 Å². The third-order valence-corrected chi connectivity index (χ3v) is 13.1. The lowest BCUT2D eigenvalue weighted by Crippen LogP contribution is -2.61. The summed E-state index contributed by atoms with van der Waals surface area (Å²) < 4.78 is 51.0. The zero-order chi connectivity index (χ0) is 39.1. The van der Waals surface area contributed by atoms with Crippen molar-refractivity contribution >= 4 is 5.97 Å². The molecule has 4 aliphatic rings. The van der Waals surface area contributed by atoms with E-state index in [1.165, 1.54) is 0 Å². The van der Waals surface area contributed by atoms with Crippen LogP contribution in [-0.2, 0) is 42.7 Å². The maximum atomic E-state index is 14.2. The maximum Gasteiger partial charge on any atom is 0.311 e. The summed E-state index contributed by atoms with van der Waals surface area (Å²) in [5.41, 5.74) is -3.48. The molecule has 0 aromatic heterocycles. The van der Waals surface area contributed by atoms with E-state index in [-0.39, 0.29) is 30.2 Å². The molecule has 4 fully saturated rings. The lowest BCUT2D eigenvalue weighted by molar-refractivity contribution is -0.317. The van der Waals surface area contributed by atoms with E-state index in [9.17, 15) is 15.0 Å². The molecule has 1 spiro atoms. The van der Waals surface area contributed by atoms with Crippen LogP contribution in [0.25, 0.3) is 0 Å². The number of carbonyl (C=O) groups is 1. The van der Waals surface area contributed by atoms with Gasteiger partial charge >= 0.3 is 5.97 Å². The van der Waals surface area contributed by atoms with Crippen LogP contribution in [0.3, 0.4) is 0 Å². The van der Waals surface area contributed by atoms with Crippen LogP contribution in [0.4, 0.5) is 0 Å². The van der Waals surface area contributed by atoms with E-state index in [0.717, 1.165) is 6.42 Å². The van der Waals surface area contributed by atoms with Crippen molar-refractivity contribution < 1.29 is 52.9 Å². The Bertz CT molecular complexity index is 1180. The molecule has 3 N–H and O–H groups in total. The summed E-state index contributed by atoms with van der Waals surface area (Å²) in [6.07, 6.45) is -4.24. The number of hydrogen-bond acceptors (Lipinski definition) is 13. The fourth-order valence-electron chi connectivity index (χ4n) is 9.03. The summed E-state index contributed by atoms with van der Waals surface area (Å²) >= 11 is 0. The Morgan fingerprint density at radius 2 is 1.54 bits per heavy atom. The van der Waals surface area contributed by atoms with E-state index < -0.39 is 83.1 Å². The summed E-state index contributed by atoms with van der Waals surface area (Å²) in [7, 11) is 7.33. The predicted molar refractivity (Wildman–Crippen MR) is 196 cm³/mol. The van der Waals surface area contributed by atoms with Gasteiger partial charge in [0.15, 0.2) is 12.6 Å². The van der Waals surface area contributed by atoms with Crippen molar-refractivity contribution in [1.29, 1.82) is 0 Å². The van der Waals surface area contributed by atoms with Crippen LogP contribution in [0.1, 0.15) is 95.4 Å². The van der Waals surface area contributed by atoms with Crippen LogP contribution < -0.4 is 5.32 Å². The second kappa shape index (κ2) is 16.6. The third kappa shape index (κ3) is 8.85. The van der Waals surface area contributed by atoms with Crippen LogP contribution in [-0.4, -0.2) is 147 Å². The van der Waals surface area contributed by atoms with Crippen LogP contribution in [0, 0.1) is 23.2 Å². The van der Waals surface area contributed by atoms with Gasteiger partial charge in [-0.3, -0.25) is 4.79 Å². The highest BCUT2D eigenvalue weighted by atomic mass is 16.7. The van der Waals surface area contributed by atoms with E-state index >= 15 is 0 Å². The van der Waals surface area contributed by atoms with E-state index in [1.807, 2.05) is 69.5 Å². The molecule has 4 heterocycles. The SMILES string of the molecule is COC1C(OC2C(C)C(OC3CC(C)(OC)C4(CO4)C(C)O3)C(C)C(=O)O[C@H](C)C(C)(C)C(O)C(C)NCC(C)CC2(C)O)OC(C)CC1N(C)C. The first kappa shape index (κ1) is 43.8. The minimum absolute atomic E-state index is 0.00361. The van der Waals surface area contributed by atoms with Crippen LogP contribution in [0.15, 0.2) is 0 Å². The highest BCUT2D eigenvalue weighted by Gasteiger charge is 2.67. The Morgan fingerprint density at radius 3 is 2.10 bits per heavy atom. The maximum absolute atomic E-state index is 14.2. The molecule has 4 saturated heterocycles. The number of hydrogen-bond donors (Lipinski definition) is 3. The van der Waals surface area contributed by atoms with Crippen molar-refractivity contribution in [2.75, 3.05) is 41.5 Å². The van der Waals surface area contributed by atoms with Crippen molar-refractivity contribution in [2.24, 2.45) is 23.2 Å². The van der Waals surface area contributed by atoms with Gasteiger partial charge < -0.3 is 58.3 Å². The van der Waals surface area contributed by atoms with Gasteiger partial charge in [0.25, 0.3) is 0 Å². The third-order valence-electron chi connectivity index (χ3n) is 13.1. The Labute approximate surface area is 313 Å². The molecule has 0 bridgehead atoms. The molecule has 0 aromatic carbocycles. The van der Waals surface area contributed by atoms with Crippen molar-refractivity contribution in [2.45, 2.75) is 180 Å². The molecule has 4 aliphatic heterocycles. The molecule has 0 amide bonds. The molecule has 0 aromatic rings. The fourth-order valence-corrected chi connectivity index (χ4v) is 9.03. The number of aliphatic hydroxyl groups is 2. The molecule has 304 valence electrons. The minimum atomic E-state index is -1.43. The number of cyclic esters (lactones) is 1. The summed E-state index contributed by atoms with van der Waals surface area (Å²) in [5.74, 6) is -1.93. The number of likely N-dealkylation sites (N-methyl/N-ethyl adjacent to an activating group) is 1. The molecule has 0 saturated carbocycles. The molecule has 13 heteroatoms. The van der Waals surface area contributed by atoms with Crippen LogP contribution in [0.5, 0.6) is 0 Å². The largest absolute Gasteiger partial charge is 0.462 e. The summed E-state index contributed by atoms with van der Waals surface area (Å²) in [5, 5.41) is 27.5. The van der Waals surface area contributed by atoms with Crippen molar-refractivity contribution in [3.63, 3.8) is 0 Å². The van der Waals surface area contributed by atoms with Gasteiger partial charge in [-0.15, -0.1) is 0 Å². The first-order chi connectivity index (χ1) is 24.0. The Kier molecular flexibility index (Phi) is 14.0. The van der Waals surface area contributed by atoms with E-state index in [4.69, 9.17) is 37.9 Å². The number of nitrogens with zero attached hydrogens (tertiary/aromatic N) is 1. The topological polar surface area (TPSA) is 150 Å². The smallest absolute Gasteiger partial charge is 0.311 e. The zero-order valence-corrected chi connectivity index (χ0v) is 34.6. The van der Waals surface area contributed by atoms with Gasteiger partial charge in [-0.05, 0) is 87.9 Å². The fraction of sp³-hybridized carbons (Fsp3) is 0.974. The minimum Gasteiger partial charge on any atom is -0.462 e. The van der Waals surface area contributed by atoms with E-state index in [1.54, 1.807) is 28.1 Å². The number of aliphatic hydroxyl groups excluding tert-OH is 1. The number of ether oxygens (including phenoxy) is 8. The summed E-state index contributed by atoms with van der Waals surface area (Å²) in [6.45, 7) is 22.1. The quantitative estimate of drug-likeness (QED) is 0.258. The monoisotopic (exact) mass is 745 g/mol. The molecule has 52 heavy (non-hydrogen) atoms. The number of methoxy groups -OCH3 is 2.